The molecule has 1 aromatic heterocycles. The van der Waals surface area contributed by atoms with Crippen molar-refractivity contribution in [3.05, 3.63) is 95.4 Å². The number of aryl methyl sites for hydroxylation is 1. The largest absolute Gasteiger partial charge is 0.322 e. The molecule has 0 aliphatic rings. The fourth-order valence-electron chi connectivity index (χ4n) is 3.08. The molecule has 0 unspecified atom stereocenters. The average molecular weight is 441 g/mol. The van der Waals surface area contributed by atoms with Gasteiger partial charge in [0.05, 0.1) is 5.70 Å². The molecule has 1 N–H and O–H groups in total. The van der Waals surface area contributed by atoms with E-state index in [4.69, 9.17) is 0 Å². The van der Waals surface area contributed by atoms with Crippen LogP contribution in [0.1, 0.15) is 41.0 Å². The van der Waals surface area contributed by atoms with Crippen LogP contribution < -0.4 is 5.32 Å². The van der Waals surface area contributed by atoms with E-state index >= 15 is 0 Å². The van der Waals surface area contributed by atoms with Crippen molar-refractivity contribution in [1.82, 2.24) is 4.98 Å². The topological polar surface area (TPSA) is 83.8 Å². The van der Waals surface area contributed by atoms with Gasteiger partial charge in [-0.15, -0.1) is 0 Å². The number of anilines is 1. The molecule has 1 aromatic carbocycles. The summed E-state index contributed by atoms with van der Waals surface area (Å²) >= 11 is 0. The van der Waals surface area contributed by atoms with E-state index in [0.29, 0.717) is 28.9 Å². The molecule has 0 atom stereocenters. The molecule has 0 aliphatic heterocycles. The highest BCUT2D eigenvalue weighted by Crippen LogP contribution is 2.28. The van der Waals surface area contributed by atoms with Gasteiger partial charge in [-0.05, 0) is 80.6 Å². The van der Waals surface area contributed by atoms with E-state index in [1.165, 1.54) is 6.08 Å². The van der Waals surface area contributed by atoms with Crippen LogP contribution in [-0.2, 0) is 4.79 Å². The highest BCUT2D eigenvalue weighted by Gasteiger charge is 2.11. The Balaban J connectivity index is 2.43. The molecule has 168 valence electrons. The van der Waals surface area contributed by atoms with Gasteiger partial charge in [0.25, 0.3) is 5.91 Å². The lowest BCUT2D eigenvalue weighted by Gasteiger charge is -2.13. The first kappa shape index (κ1) is 25.1. The summed E-state index contributed by atoms with van der Waals surface area (Å²) in [4.78, 5) is 36.0. The number of aldehydes is 1. The number of amides is 1. The molecular formula is C27H28N4O2. The summed E-state index contributed by atoms with van der Waals surface area (Å²) in [6, 6.07) is 9.13. The maximum absolute atomic E-state index is 12.7. The molecule has 0 radical (unpaired) electrons. The van der Waals surface area contributed by atoms with Crippen LogP contribution in [0.25, 0.3) is 11.3 Å². The number of nitrogens with zero attached hydrogens (tertiary/aromatic N) is 3. The molecule has 0 spiro atoms. The zero-order valence-corrected chi connectivity index (χ0v) is 19.4. The second kappa shape index (κ2) is 12.0. The number of pyridine rings is 1. The van der Waals surface area contributed by atoms with Gasteiger partial charge in [-0.2, -0.15) is 0 Å². The number of aromatic nitrogens is 1. The summed E-state index contributed by atoms with van der Waals surface area (Å²) in [5.41, 5.74) is 6.30. The van der Waals surface area contributed by atoms with Crippen molar-refractivity contribution < 1.29 is 9.59 Å². The average Bonchev–Trinajstić information content (AvgIpc) is 2.84. The van der Waals surface area contributed by atoms with Crippen molar-refractivity contribution >= 4 is 41.6 Å². The van der Waals surface area contributed by atoms with Crippen molar-refractivity contribution in [2.24, 2.45) is 9.98 Å². The Morgan fingerprint density at radius 2 is 1.94 bits per heavy atom. The third kappa shape index (κ3) is 6.64. The first-order chi connectivity index (χ1) is 15.9. The zero-order valence-electron chi connectivity index (χ0n) is 19.4. The normalized spacial score (nSPS) is 12.8. The number of hydrogen-bond acceptors (Lipinski definition) is 5. The van der Waals surface area contributed by atoms with E-state index in [2.05, 4.69) is 33.6 Å². The zero-order chi connectivity index (χ0) is 24.4. The summed E-state index contributed by atoms with van der Waals surface area (Å²) < 4.78 is 0. The molecule has 0 saturated heterocycles. The third-order valence-electron chi connectivity index (χ3n) is 4.98. The highest BCUT2D eigenvalue weighted by atomic mass is 16.1. The van der Waals surface area contributed by atoms with Gasteiger partial charge in [0.15, 0.2) is 6.29 Å². The minimum Gasteiger partial charge on any atom is -0.322 e. The monoisotopic (exact) mass is 440 g/mol. The van der Waals surface area contributed by atoms with Crippen LogP contribution in [0.3, 0.4) is 0 Å². The number of nitrogens with one attached hydrogen (secondary N) is 1. The molecule has 1 heterocycles. The molecule has 0 bridgehead atoms. The molecule has 2 aromatic rings. The Morgan fingerprint density at radius 1 is 1.18 bits per heavy atom. The lowest BCUT2D eigenvalue weighted by atomic mass is 9.97. The van der Waals surface area contributed by atoms with E-state index in [9.17, 15) is 9.59 Å². The van der Waals surface area contributed by atoms with Crippen LogP contribution in [0, 0.1) is 6.92 Å². The second-order valence-corrected chi connectivity index (χ2v) is 7.17. The molecule has 0 aliphatic carbocycles. The number of hydrogen-bond donors (Lipinski definition) is 1. The van der Waals surface area contributed by atoms with E-state index in [1.54, 1.807) is 31.5 Å². The van der Waals surface area contributed by atoms with Crippen LogP contribution in [0.5, 0.6) is 0 Å². The Morgan fingerprint density at radius 3 is 2.55 bits per heavy atom. The summed E-state index contributed by atoms with van der Waals surface area (Å²) in [7, 11) is 1.67. The lowest BCUT2D eigenvalue weighted by Crippen LogP contribution is -2.14. The van der Waals surface area contributed by atoms with Crippen molar-refractivity contribution in [2.45, 2.75) is 20.8 Å². The predicted octanol–water partition coefficient (Wildman–Crippen LogP) is 5.49. The number of carbonyl (C=O) groups is 2. The van der Waals surface area contributed by atoms with Crippen LogP contribution in [0.2, 0.25) is 0 Å². The quantitative estimate of drug-likeness (QED) is 0.242. The first-order valence-electron chi connectivity index (χ1n) is 10.3. The van der Waals surface area contributed by atoms with Crippen LogP contribution >= 0.6 is 0 Å². The van der Waals surface area contributed by atoms with E-state index in [0.717, 1.165) is 28.0 Å². The van der Waals surface area contributed by atoms with Crippen LogP contribution in [-0.4, -0.2) is 36.7 Å². The number of aliphatic imine (C=N–C) groups is 2. The molecule has 33 heavy (non-hydrogen) atoms. The van der Waals surface area contributed by atoms with Gasteiger partial charge < -0.3 is 5.32 Å². The predicted molar refractivity (Wildman–Crippen MR) is 138 cm³/mol. The maximum Gasteiger partial charge on any atom is 0.255 e. The van der Waals surface area contributed by atoms with Gasteiger partial charge >= 0.3 is 0 Å². The van der Waals surface area contributed by atoms with E-state index in [1.807, 2.05) is 51.1 Å². The number of rotatable bonds is 9. The Labute approximate surface area is 194 Å². The summed E-state index contributed by atoms with van der Waals surface area (Å²) in [6.07, 6.45) is 9.28. The minimum absolute atomic E-state index is 0.271. The highest BCUT2D eigenvalue weighted by molar-refractivity contribution is 6.10. The Hall–Kier alpha value is -4.19. The van der Waals surface area contributed by atoms with Crippen LogP contribution in [0.4, 0.5) is 5.69 Å². The molecule has 1 amide bonds. The third-order valence-corrected chi connectivity index (χ3v) is 4.98. The standard InChI is InChI=1S/C27H28N4O2/c1-7-20(15-26(29-6)22-11-12-30-24(14-22)17-32)25-16-23(10-9-18(25)3)31-27(33)21(8-2)13-19(4)28-5/h7-17H,2,6H2,1,3-5H3,(H,31,33)/b20-7+,21-13+,26-15-,28-19?. The Kier molecular flexibility index (Phi) is 9.12. The molecule has 0 saturated carbocycles. The number of benzene rings is 1. The van der Waals surface area contributed by atoms with Gasteiger partial charge in [-0.25, -0.2) is 0 Å². The smallest absolute Gasteiger partial charge is 0.255 e. The lowest BCUT2D eigenvalue weighted by molar-refractivity contribution is -0.112. The fourth-order valence-corrected chi connectivity index (χ4v) is 3.08. The first-order valence-corrected chi connectivity index (χ1v) is 10.3. The molecule has 6 nitrogen and oxygen atoms in total. The van der Waals surface area contributed by atoms with Gasteiger partial charge in [0.1, 0.15) is 5.69 Å². The SMILES string of the molecule is C=C/C(=C\C(C)=NC)C(=O)Nc1ccc(C)c(C(/C=C(\N=C)c2ccnc(C=O)c2)=C/C)c1. The summed E-state index contributed by atoms with van der Waals surface area (Å²) in [5.74, 6) is -0.271. The molecule has 2 rings (SSSR count). The van der Waals surface area contributed by atoms with Gasteiger partial charge in [-0.3, -0.25) is 24.6 Å². The van der Waals surface area contributed by atoms with E-state index in [-0.39, 0.29) is 5.91 Å². The minimum atomic E-state index is -0.271. The van der Waals surface area contributed by atoms with Gasteiger partial charge in [0, 0.05) is 35.8 Å². The van der Waals surface area contributed by atoms with Crippen molar-refractivity contribution in [3.63, 3.8) is 0 Å². The van der Waals surface area contributed by atoms with Crippen LogP contribution in [0.15, 0.2) is 83.0 Å². The van der Waals surface area contributed by atoms with E-state index < -0.39 is 0 Å². The van der Waals surface area contributed by atoms with Gasteiger partial charge in [-0.1, -0.05) is 24.8 Å². The van der Waals surface area contributed by atoms with Gasteiger partial charge in [0.2, 0.25) is 0 Å². The number of allylic oxidation sites excluding steroid dienone is 4. The van der Waals surface area contributed by atoms with Crippen molar-refractivity contribution in [2.75, 3.05) is 12.4 Å². The molecule has 0 fully saturated rings. The fraction of sp³-hybridized carbons (Fsp3) is 0.148. The maximum atomic E-state index is 12.7. The molecule has 6 heteroatoms. The van der Waals surface area contributed by atoms with Crippen molar-refractivity contribution in [3.8, 4) is 0 Å². The van der Waals surface area contributed by atoms with Crippen molar-refractivity contribution in [1.29, 1.82) is 0 Å². The molecular weight excluding hydrogens is 412 g/mol. The number of carbonyl (C=O) groups excluding carboxylic acids is 2. The second-order valence-electron chi connectivity index (χ2n) is 7.17. The Bertz CT molecular complexity index is 1200. The summed E-state index contributed by atoms with van der Waals surface area (Å²) in [6.45, 7) is 13.1. The summed E-state index contributed by atoms with van der Waals surface area (Å²) in [5, 5.41) is 2.92.